The Morgan fingerprint density at radius 3 is 2.76 bits per heavy atom. The SMILES string of the molecule is CCCC(CNC(=O)OC(C)(C)C)NCC1CCCOC1. The minimum Gasteiger partial charge on any atom is -0.444 e. The topological polar surface area (TPSA) is 59.6 Å². The molecule has 1 heterocycles. The molecule has 0 spiro atoms. The number of nitrogens with one attached hydrogen (secondary N) is 2. The second kappa shape index (κ2) is 9.26. The molecule has 0 aromatic rings. The van der Waals surface area contributed by atoms with Gasteiger partial charge in [0.05, 0.1) is 6.61 Å². The molecule has 2 unspecified atom stereocenters. The van der Waals surface area contributed by atoms with Gasteiger partial charge in [0.2, 0.25) is 0 Å². The van der Waals surface area contributed by atoms with Crippen LogP contribution in [0.3, 0.4) is 0 Å². The van der Waals surface area contributed by atoms with E-state index in [2.05, 4.69) is 17.6 Å². The minimum absolute atomic E-state index is 0.296. The zero-order valence-electron chi connectivity index (χ0n) is 14.0. The van der Waals surface area contributed by atoms with Crippen LogP contribution in [0.1, 0.15) is 53.4 Å². The first-order valence-electron chi connectivity index (χ1n) is 8.18. The van der Waals surface area contributed by atoms with Gasteiger partial charge in [-0.1, -0.05) is 13.3 Å². The first-order chi connectivity index (χ1) is 9.90. The van der Waals surface area contributed by atoms with E-state index in [9.17, 15) is 4.79 Å². The third-order valence-electron chi connectivity index (χ3n) is 3.48. The summed E-state index contributed by atoms with van der Waals surface area (Å²) in [5, 5.41) is 6.42. The van der Waals surface area contributed by atoms with Crippen molar-refractivity contribution >= 4 is 6.09 Å². The van der Waals surface area contributed by atoms with Crippen molar-refractivity contribution < 1.29 is 14.3 Å². The van der Waals surface area contributed by atoms with Crippen LogP contribution < -0.4 is 10.6 Å². The van der Waals surface area contributed by atoms with Crippen LogP contribution in [0.2, 0.25) is 0 Å². The average Bonchev–Trinajstić information content (AvgIpc) is 2.41. The van der Waals surface area contributed by atoms with E-state index in [0.29, 0.717) is 18.5 Å². The molecule has 1 aliphatic heterocycles. The third-order valence-corrected chi connectivity index (χ3v) is 3.48. The van der Waals surface area contributed by atoms with Gasteiger partial charge < -0.3 is 20.1 Å². The second-order valence-electron chi connectivity index (χ2n) is 6.86. The molecule has 5 nitrogen and oxygen atoms in total. The second-order valence-corrected chi connectivity index (χ2v) is 6.86. The Hall–Kier alpha value is -0.810. The maximum absolute atomic E-state index is 11.7. The first-order valence-corrected chi connectivity index (χ1v) is 8.18. The highest BCUT2D eigenvalue weighted by atomic mass is 16.6. The molecule has 0 aromatic heterocycles. The lowest BCUT2D eigenvalue weighted by molar-refractivity contribution is 0.0499. The first kappa shape index (κ1) is 18.2. The van der Waals surface area contributed by atoms with Crippen LogP contribution in [0.25, 0.3) is 0 Å². The summed E-state index contributed by atoms with van der Waals surface area (Å²) in [5.74, 6) is 0.597. The van der Waals surface area contributed by atoms with Crippen molar-refractivity contribution in [3.8, 4) is 0 Å². The Morgan fingerprint density at radius 2 is 2.19 bits per heavy atom. The minimum atomic E-state index is -0.447. The van der Waals surface area contributed by atoms with Gasteiger partial charge in [0.15, 0.2) is 0 Å². The smallest absolute Gasteiger partial charge is 0.407 e. The van der Waals surface area contributed by atoms with E-state index in [1.54, 1.807) is 0 Å². The molecule has 1 rings (SSSR count). The highest BCUT2D eigenvalue weighted by molar-refractivity contribution is 5.67. The number of amides is 1. The van der Waals surface area contributed by atoms with Crippen molar-refractivity contribution in [1.82, 2.24) is 10.6 Å². The van der Waals surface area contributed by atoms with Crippen LogP contribution >= 0.6 is 0 Å². The lowest BCUT2D eigenvalue weighted by Gasteiger charge is -2.26. The number of rotatable bonds is 7. The van der Waals surface area contributed by atoms with Crippen LogP contribution in [0, 0.1) is 5.92 Å². The molecule has 5 heteroatoms. The van der Waals surface area contributed by atoms with Crippen LogP contribution in [0.5, 0.6) is 0 Å². The van der Waals surface area contributed by atoms with Gasteiger partial charge in [0.25, 0.3) is 0 Å². The van der Waals surface area contributed by atoms with Crippen molar-refractivity contribution in [3.05, 3.63) is 0 Å². The van der Waals surface area contributed by atoms with Crippen LogP contribution in [-0.2, 0) is 9.47 Å². The zero-order valence-corrected chi connectivity index (χ0v) is 14.0. The number of carbonyl (C=O) groups is 1. The predicted octanol–water partition coefficient (Wildman–Crippen LogP) is 2.70. The Kier molecular flexibility index (Phi) is 8.04. The molecule has 0 bridgehead atoms. The normalized spacial score (nSPS) is 20.9. The number of ether oxygens (including phenoxy) is 2. The molecule has 0 radical (unpaired) electrons. The highest BCUT2D eigenvalue weighted by Gasteiger charge is 2.19. The highest BCUT2D eigenvalue weighted by Crippen LogP contribution is 2.13. The van der Waals surface area contributed by atoms with E-state index < -0.39 is 5.60 Å². The molecular formula is C16H32N2O3. The average molecular weight is 300 g/mol. The number of hydrogen-bond donors (Lipinski definition) is 2. The molecular weight excluding hydrogens is 268 g/mol. The van der Waals surface area contributed by atoms with Crippen molar-refractivity contribution in [1.29, 1.82) is 0 Å². The summed E-state index contributed by atoms with van der Waals surface area (Å²) in [7, 11) is 0. The molecule has 2 atom stereocenters. The molecule has 0 aliphatic carbocycles. The fourth-order valence-corrected chi connectivity index (χ4v) is 2.45. The van der Waals surface area contributed by atoms with Gasteiger partial charge >= 0.3 is 6.09 Å². The number of hydrogen-bond acceptors (Lipinski definition) is 4. The van der Waals surface area contributed by atoms with Crippen LogP contribution in [-0.4, -0.2) is 44.0 Å². The third kappa shape index (κ3) is 8.94. The van der Waals surface area contributed by atoms with Crippen molar-refractivity contribution in [2.24, 2.45) is 5.92 Å². The van der Waals surface area contributed by atoms with E-state index in [1.807, 2.05) is 20.8 Å². The Morgan fingerprint density at radius 1 is 1.43 bits per heavy atom. The van der Waals surface area contributed by atoms with E-state index in [-0.39, 0.29) is 6.09 Å². The summed E-state index contributed by atoms with van der Waals surface area (Å²) in [6, 6.07) is 0.296. The molecule has 1 amide bonds. The summed E-state index contributed by atoms with van der Waals surface area (Å²) in [6.45, 7) is 11.1. The van der Waals surface area contributed by atoms with Gasteiger partial charge in [-0.15, -0.1) is 0 Å². The summed E-state index contributed by atoms with van der Waals surface area (Å²) in [4.78, 5) is 11.7. The Labute approximate surface area is 129 Å². The molecule has 21 heavy (non-hydrogen) atoms. The number of carbonyl (C=O) groups excluding carboxylic acids is 1. The van der Waals surface area contributed by atoms with Gasteiger partial charge in [0, 0.05) is 25.7 Å². The largest absolute Gasteiger partial charge is 0.444 e. The van der Waals surface area contributed by atoms with E-state index in [1.165, 1.54) is 6.42 Å². The lowest BCUT2D eigenvalue weighted by Crippen LogP contribution is -2.44. The van der Waals surface area contributed by atoms with Crippen LogP contribution in [0.15, 0.2) is 0 Å². The molecule has 0 aromatic carbocycles. The molecule has 2 N–H and O–H groups in total. The van der Waals surface area contributed by atoms with Crippen molar-refractivity contribution in [3.63, 3.8) is 0 Å². The fourth-order valence-electron chi connectivity index (χ4n) is 2.45. The molecule has 124 valence electrons. The van der Waals surface area contributed by atoms with Gasteiger partial charge in [-0.3, -0.25) is 0 Å². The molecule has 0 saturated carbocycles. The van der Waals surface area contributed by atoms with E-state index in [0.717, 1.165) is 39.0 Å². The monoisotopic (exact) mass is 300 g/mol. The van der Waals surface area contributed by atoms with Gasteiger partial charge in [-0.25, -0.2) is 4.79 Å². The quantitative estimate of drug-likeness (QED) is 0.759. The molecule has 1 fully saturated rings. The van der Waals surface area contributed by atoms with Gasteiger partial charge in [0.1, 0.15) is 5.60 Å². The van der Waals surface area contributed by atoms with Gasteiger partial charge in [-0.2, -0.15) is 0 Å². The maximum Gasteiger partial charge on any atom is 0.407 e. The molecule has 1 saturated heterocycles. The van der Waals surface area contributed by atoms with Crippen LogP contribution in [0.4, 0.5) is 4.79 Å². The summed E-state index contributed by atoms with van der Waals surface area (Å²) in [6.07, 6.45) is 4.18. The Bertz CT molecular complexity index is 296. The number of alkyl carbamates (subject to hydrolysis) is 1. The standard InChI is InChI=1S/C16H32N2O3/c1-5-7-14(11-18-15(19)21-16(2,3)4)17-10-13-8-6-9-20-12-13/h13-14,17H,5-12H2,1-4H3,(H,18,19). The van der Waals surface area contributed by atoms with Crippen molar-refractivity contribution in [2.45, 2.75) is 65.0 Å². The maximum atomic E-state index is 11.7. The summed E-state index contributed by atoms with van der Waals surface area (Å²) >= 11 is 0. The summed E-state index contributed by atoms with van der Waals surface area (Å²) < 4.78 is 10.8. The van der Waals surface area contributed by atoms with E-state index in [4.69, 9.17) is 9.47 Å². The summed E-state index contributed by atoms with van der Waals surface area (Å²) in [5.41, 5.74) is -0.447. The Balaban J connectivity index is 2.26. The predicted molar refractivity (Wildman–Crippen MR) is 84.5 cm³/mol. The van der Waals surface area contributed by atoms with Gasteiger partial charge in [-0.05, 0) is 46.0 Å². The van der Waals surface area contributed by atoms with Crippen molar-refractivity contribution in [2.75, 3.05) is 26.3 Å². The lowest BCUT2D eigenvalue weighted by atomic mass is 10.0. The fraction of sp³-hybridized carbons (Fsp3) is 0.938. The molecule has 1 aliphatic rings. The van der Waals surface area contributed by atoms with E-state index >= 15 is 0 Å². The zero-order chi connectivity index (χ0) is 15.7.